The molecule has 22 heavy (non-hydrogen) atoms. The van der Waals surface area contributed by atoms with Crippen molar-refractivity contribution in [2.45, 2.75) is 5.92 Å². The fraction of sp³-hybridized carbons (Fsp3) is 0.0500. The number of phenols is 1. The van der Waals surface area contributed by atoms with Gasteiger partial charge in [-0.15, -0.1) is 0 Å². The number of para-hydroxylation sites is 1. The molecule has 0 heterocycles. The van der Waals surface area contributed by atoms with Crippen molar-refractivity contribution in [3.63, 3.8) is 0 Å². The van der Waals surface area contributed by atoms with Crippen LogP contribution in [-0.2, 0) is 4.79 Å². The van der Waals surface area contributed by atoms with Gasteiger partial charge in [0.25, 0.3) is 0 Å². The highest BCUT2D eigenvalue weighted by Crippen LogP contribution is 2.30. The molecule has 108 valence electrons. The van der Waals surface area contributed by atoms with E-state index in [1.54, 1.807) is 18.2 Å². The van der Waals surface area contributed by atoms with Gasteiger partial charge < -0.3 is 9.90 Å². The Morgan fingerprint density at radius 3 is 1.95 bits per heavy atom. The SMILES string of the molecule is O=CC(c1ccc(-c2ccccc2)cc1)c1ccccc1O. The quantitative estimate of drug-likeness (QED) is 0.723. The van der Waals surface area contributed by atoms with Crippen LogP contribution in [0, 0.1) is 0 Å². The maximum absolute atomic E-state index is 11.5. The van der Waals surface area contributed by atoms with Crippen molar-refractivity contribution in [3.8, 4) is 16.9 Å². The lowest BCUT2D eigenvalue weighted by Crippen LogP contribution is -2.02. The maximum atomic E-state index is 11.5. The third-order valence-electron chi connectivity index (χ3n) is 3.78. The Labute approximate surface area is 129 Å². The molecular weight excluding hydrogens is 272 g/mol. The molecule has 3 rings (SSSR count). The molecule has 3 aromatic carbocycles. The van der Waals surface area contributed by atoms with E-state index in [2.05, 4.69) is 12.1 Å². The summed E-state index contributed by atoms with van der Waals surface area (Å²) in [4.78, 5) is 11.5. The van der Waals surface area contributed by atoms with Gasteiger partial charge in [-0.2, -0.15) is 0 Å². The zero-order valence-corrected chi connectivity index (χ0v) is 12.0. The van der Waals surface area contributed by atoms with Crippen molar-refractivity contribution in [2.75, 3.05) is 0 Å². The van der Waals surface area contributed by atoms with E-state index in [0.29, 0.717) is 5.56 Å². The van der Waals surface area contributed by atoms with Crippen LogP contribution in [0.2, 0.25) is 0 Å². The highest BCUT2D eigenvalue weighted by molar-refractivity contribution is 5.71. The zero-order chi connectivity index (χ0) is 15.4. The van der Waals surface area contributed by atoms with E-state index >= 15 is 0 Å². The van der Waals surface area contributed by atoms with Gasteiger partial charge in [0.1, 0.15) is 12.0 Å². The number of rotatable bonds is 4. The van der Waals surface area contributed by atoms with E-state index in [9.17, 15) is 9.90 Å². The molecule has 0 radical (unpaired) electrons. The van der Waals surface area contributed by atoms with E-state index in [-0.39, 0.29) is 5.75 Å². The van der Waals surface area contributed by atoms with Crippen LogP contribution >= 0.6 is 0 Å². The summed E-state index contributed by atoms with van der Waals surface area (Å²) in [5.41, 5.74) is 3.74. The van der Waals surface area contributed by atoms with E-state index in [0.717, 1.165) is 23.0 Å². The number of hydrogen-bond donors (Lipinski definition) is 1. The van der Waals surface area contributed by atoms with Crippen LogP contribution in [-0.4, -0.2) is 11.4 Å². The van der Waals surface area contributed by atoms with Gasteiger partial charge in [0.05, 0.1) is 5.92 Å². The predicted octanol–water partition coefficient (Wildman–Crippen LogP) is 4.39. The third kappa shape index (κ3) is 2.77. The molecule has 0 saturated heterocycles. The smallest absolute Gasteiger partial charge is 0.131 e. The lowest BCUT2D eigenvalue weighted by atomic mass is 9.91. The summed E-state index contributed by atoms with van der Waals surface area (Å²) in [5.74, 6) is -0.308. The normalized spacial score (nSPS) is 11.8. The number of aldehydes is 1. The molecule has 1 N–H and O–H groups in total. The standard InChI is InChI=1S/C20H16O2/c21-14-19(18-8-4-5-9-20(18)22)17-12-10-16(11-13-17)15-6-2-1-3-7-15/h1-14,19,22H. The monoisotopic (exact) mass is 288 g/mol. The molecular formula is C20H16O2. The summed E-state index contributed by atoms with van der Waals surface area (Å²) in [6, 6.07) is 24.9. The number of hydrogen-bond acceptors (Lipinski definition) is 2. The van der Waals surface area contributed by atoms with Crippen molar-refractivity contribution in [1.29, 1.82) is 0 Å². The Morgan fingerprint density at radius 2 is 1.32 bits per heavy atom. The first-order valence-corrected chi connectivity index (χ1v) is 7.18. The van der Waals surface area contributed by atoms with Gasteiger partial charge >= 0.3 is 0 Å². The summed E-state index contributed by atoms with van der Waals surface area (Å²) in [7, 11) is 0. The molecule has 0 amide bonds. The molecule has 0 fully saturated rings. The predicted molar refractivity (Wildman–Crippen MR) is 87.9 cm³/mol. The lowest BCUT2D eigenvalue weighted by molar-refractivity contribution is -0.108. The van der Waals surface area contributed by atoms with Gasteiger partial charge in [0.2, 0.25) is 0 Å². The Bertz CT molecular complexity index is 761. The number of benzene rings is 3. The number of phenolic OH excluding ortho intramolecular Hbond substituents is 1. The molecule has 3 aromatic rings. The Hall–Kier alpha value is -2.87. The van der Waals surface area contributed by atoms with Crippen LogP contribution in [0.5, 0.6) is 5.75 Å². The number of carbonyl (C=O) groups is 1. The molecule has 0 spiro atoms. The Balaban J connectivity index is 1.95. The minimum atomic E-state index is -0.453. The van der Waals surface area contributed by atoms with E-state index in [1.165, 1.54) is 0 Å². The molecule has 0 aliphatic carbocycles. The lowest BCUT2D eigenvalue weighted by Gasteiger charge is -2.13. The van der Waals surface area contributed by atoms with Crippen molar-refractivity contribution in [1.82, 2.24) is 0 Å². The van der Waals surface area contributed by atoms with Gasteiger partial charge in [-0.3, -0.25) is 0 Å². The summed E-state index contributed by atoms with van der Waals surface area (Å²) in [6.45, 7) is 0. The summed E-state index contributed by atoms with van der Waals surface area (Å²) in [6.07, 6.45) is 0.868. The first-order valence-electron chi connectivity index (χ1n) is 7.18. The van der Waals surface area contributed by atoms with Gasteiger partial charge in [0.15, 0.2) is 0 Å². The second-order valence-electron chi connectivity index (χ2n) is 5.16. The summed E-state index contributed by atoms with van der Waals surface area (Å²) >= 11 is 0. The summed E-state index contributed by atoms with van der Waals surface area (Å²) < 4.78 is 0. The van der Waals surface area contributed by atoms with E-state index in [1.807, 2.05) is 48.5 Å². The Kier molecular flexibility index (Phi) is 4.01. The second-order valence-corrected chi connectivity index (χ2v) is 5.16. The maximum Gasteiger partial charge on any atom is 0.131 e. The van der Waals surface area contributed by atoms with Crippen molar-refractivity contribution in [3.05, 3.63) is 90.0 Å². The van der Waals surface area contributed by atoms with E-state index < -0.39 is 5.92 Å². The average molecular weight is 288 g/mol. The van der Waals surface area contributed by atoms with Crippen LogP contribution in [0.3, 0.4) is 0 Å². The highest BCUT2D eigenvalue weighted by atomic mass is 16.3. The molecule has 0 aliphatic heterocycles. The van der Waals surface area contributed by atoms with Crippen LogP contribution in [0.25, 0.3) is 11.1 Å². The fourth-order valence-electron chi connectivity index (χ4n) is 2.60. The number of aromatic hydroxyl groups is 1. The van der Waals surface area contributed by atoms with Gasteiger partial charge in [-0.1, -0.05) is 72.8 Å². The molecule has 2 nitrogen and oxygen atoms in total. The molecule has 0 saturated carbocycles. The molecule has 0 aromatic heterocycles. The minimum absolute atomic E-state index is 0.145. The highest BCUT2D eigenvalue weighted by Gasteiger charge is 2.16. The topological polar surface area (TPSA) is 37.3 Å². The van der Waals surface area contributed by atoms with Gasteiger partial charge in [-0.05, 0) is 22.8 Å². The molecule has 2 heteroatoms. The third-order valence-corrected chi connectivity index (χ3v) is 3.78. The van der Waals surface area contributed by atoms with Crippen molar-refractivity contribution < 1.29 is 9.90 Å². The van der Waals surface area contributed by atoms with Crippen LogP contribution in [0.15, 0.2) is 78.9 Å². The van der Waals surface area contributed by atoms with Crippen LogP contribution in [0.1, 0.15) is 17.0 Å². The van der Waals surface area contributed by atoms with Crippen LogP contribution in [0.4, 0.5) is 0 Å². The minimum Gasteiger partial charge on any atom is -0.508 e. The van der Waals surface area contributed by atoms with Crippen molar-refractivity contribution >= 4 is 6.29 Å². The fourth-order valence-corrected chi connectivity index (χ4v) is 2.60. The molecule has 0 bridgehead atoms. The second kappa shape index (κ2) is 6.27. The van der Waals surface area contributed by atoms with Crippen molar-refractivity contribution in [2.24, 2.45) is 0 Å². The average Bonchev–Trinajstić information content (AvgIpc) is 2.59. The first-order chi connectivity index (χ1) is 10.8. The van der Waals surface area contributed by atoms with Crippen LogP contribution < -0.4 is 0 Å². The molecule has 1 unspecified atom stereocenters. The first kappa shape index (κ1) is 14.1. The molecule has 1 atom stereocenters. The largest absolute Gasteiger partial charge is 0.508 e. The van der Waals surface area contributed by atoms with Gasteiger partial charge in [0, 0.05) is 5.56 Å². The summed E-state index contributed by atoms with van der Waals surface area (Å²) in [5, 5.41) is 9.95. The zero-order valence-electron chi connectivity index (χ0n) is 12.0. The van der Waals surface area contributed by atoms with Gasteiger partial charge in [-0.25, -0.2) is 0 Å². The molecule has 0 aliphatic rings. The number of carbonyl (C=O) groups excluding carboxylic acids is 1. The van der Waals surface area contributed by atoms with E-state index in [4.69, 9.17) is 0 Å². The Morgan fingerprint density at radius 1 is 0.727 bits per heavy atom.